The standard InChI is InChI=1S/C15H25N3O2S/c16-21(19,20)11-5-9-17-15-8-4-10-18(13-15)12-14-6-2-1-3-7-14/h1-3,6-7,15,17H,4-5,8-13H2,(H2,16,19,20). The summed E-state index contributed by atoms with van der Waals surface area (Å²) in [4.78, 5) is 2.45. The molecule has 118 valence electrons. The van der Waals surface area contributed by atoms with Gasteiger partial charge in [-0.15, -0.1) is 0 Å². The molecule has 0 spiro atoms. The zero-order chi connectivity index (χ0) is 15.1. The Balaban J connectivity index is 1.71. The summed E-state index contributed by atoms with van der Waals surface area (Å²) in [5.74, 6) is 0.0560. The van der Waals surface area contributed by atoms with Crippen molar-refractivity contribution in [3.05, 3.63) is 35.9 Å². The van der Waals surface area contributed by atoms with E-state index in [1.807, 2.05) is 6.07 Å². The van der Waals surface area contributed by atoms with Crippen molar-refractivity contribution < 1.29 is 8.42 Å². The van der Waals surface area contributed by atoms with E-state index in [1.54, 1.807) is 0 Å². The Morgan fingerprint density at radius 2 is 2.05 bits per heavy atom. The van der Waals surface area contributed by atoms with Crippen molar-refractivity contribution in [3.8, 4) is 0 Å². The second-order valence-electron chi connectivity index (χ2n) is 5.73. The van der Waals surface area contributed by atoms with Crippen molar-refractivity contribution in [2.45, 2.75) is 31.8 Å². The number of piperidine rings is 1. The number of nitrogens with zero attached hydrogens (tertiary/aromatic N) is 1. The van der Waals surface area contributed by atoms with Crippen LogP contribution >= 0.6 is 0 Å². The Morgan fingerprint density at radius 1 is 1.29 bits per heavy atom. The van der Waals surface area contributed by atoms with Gasteiger partial charge in [0.15, 0.2) is 0 Å². The van der Waals surface area contributed by atoms with Crippen LogP contribution in [0.3, 0.4) is 0 Å². The largest absolute Gasteiger partial charge is 0.313 e. The molecule has 1 aliphatic heterocycles. The van der Waals surface area contributed by atoms with Gasteiger partial charge in [0.1, 0.15) is 0 Å². The summed E-state index contributed by atoms with van der Waals surface area (Å²) in [5.41, 5.74) is 1.34. The van der Waals surface area contributed by atoms with Crippen LogP contribution in [0.15, 0.2) is 30.3 Å². The number of rotatable bonds is 7. The second kappa shape index (κ2) is 7.89. The van der Waals surface area contributed by atoms with Crippen LogP contribution in [0, 0.1) is 0 Å². The minimum absolute atomic E-state index is 0.0560. The third kappa shape index (κ3) is 6.56. The Kier molecular flexibility index (Phi) is 6.17. The number of hydrogen-bond acceptors (Lipinski definition) is 4. The smallest absolute Gasteiger partial charge is 0.209 e. The van der Waals surface area contributed by atoms with Crippen LogP contribution in [0.2, 0.25) is 0 Å². The molecule has 1 fully saturated rings. The van der Waals surface area contributed by atoms with E-state index < -0.39 is 10.0 Å². The van der Waals surface area contributed by atoms with Crippen molar-refractivity contribution >= 4 is 10.0 Å². The molecule has 0 radical (unpaired) electrons. The Labute approximate surface area is 127 Å². The van der Waals surface area contributed by atoms with Crippen molar-refractivity contribution in [1.82, 2.24) is 10.2 Å². The highest BCUT2D eigenvalue weighted by molar-refractivity contribution is 7.89. The number of nitrogens with one attached hydrogen (secondary N) is 1. The van der Waals surface area contributed by atoms with Crippen molar-refractivity contribution in [1.29, 1.82) is 0 Å². The average molecular weight is 311 g/mol. The highest BCUT2D eigenvalue weighted by Crippen LogP contribution is 2.13. The zero-order valence-corrected chi connectivity index (χ0v) is 13.2. The fourth-order valence-corrected chi connectivity index (χ4v) is 3.33. The Bertz CT molecular complexity index is 519. The molecular formula is C15H25N3O2S. The number of benzene rings is 1. The van der Waals surface area contributed by atoms with Crippen LogP contribution in [0.5, 0.6) is 0 Å². The molecule has 1 aliphatic rings. The van der Waals surface area contributed by atoms with Gasteiger partial charge in [-0.2, -0.15) is 0 Å². The third-order valence-corrected chi connectivity index (χ3v) is 4.65. The van der Waals surface area contributed by atoms with E-state index in [-0.39, 0.29) is 5.75 Å². The van der Waals surface area contributed by atoms with Crippen LogP contribution in [-0.2, 0) is 16.6 Å². The molecule has 6 heteroatoms. The van der Waals surface area contributed by atoms with Gasteiger partial charge in [0.05, 0.1) is 5.75 Å². The predicted octanol–water partition coefficient (Wildman–Crippen LogP) is 0.919. The van der Waals surface area contributed by atoms with Crippen LogP contribution in [-0.4, -0.2) is 44.7 Å². The first kappa shape index (κ1) is 16.4. The quantitative estimate of drug-likeness (QED) is 0.734. The Morgan fingerprint density at radius 3 is 2.76 bits per heavy atom. The van der Waals surface area contributed by atoms with E-state index in [9.17, 15) is 8.42 Å². The van der Waals surface area contributed by atoms with Gasteiger partial charge >= 0.3 is 0 Å². The lowest BCUT2D eigenvalue weighted by Crippen LogP contribution is -2.45. The molecule has 1 saturated heterocycles. The zero-order valence-electron chi connectivity index (χ0n) is 12.4. The van der Waals surface area contributed by atoms with Gasteiger partial charge < -0.3 is 5.32 Å². The van der Waals surface area contributed by atoms with E-state index in [2.05, 4.69) is 34.5 Å². The second-order valence-corrected chi connectivity index (χ2v) is 7.47. The van der Waals surface area contributed by atoms with Gasteiger partial charge in [-0.25, -0.2) is 13.6 Å². The molecule has 2 rings (SSSR count). The first-order valence-electron chi connectivity index (χ1n) is 7.53. The monoisotopic (exact) mass is 311 g/mol. The summed E-state index contributed by atoms with van der Waals surface area (Å²) in [7, 11) is -3.33. The van der Waals surface area contributed by atoms with E-state index in [0.29, 0.717) is 19.0 Å². The van der Waals surface area contributed by atoms with Gasteiger partial charge in [0, 0.05) is 19.1 Å². The summed E-state index contributed by atoms with van der Waals surface area (Å²) in [6.07, 6.45) is 2.91. The fourth-order valence-electron chi connectivity index (χ4n) is 2.79. The molecule has 0 aromatic heterocycles. The summed E-state index contributed by atoms with van der Waals surface area (Å²) >= 11 is 0. The molecule has 3 N–H and O–H groups in total. The van der Waals surface area contributed by atoms with Gasteiger partial charge in [0.25, 0.3) is 0 Å². The highest BCUT2D eigenvalue weighted by Gasteiger charge is 2.19. The first-order chi connectivity index (χ1) is 10.0. The van der Waals surface area contributed by atoms with Crippen LogP contribution in [0.4, 0.5) is 0 Å². The number of nitrogens with two attached hydrogens (primary N) is 1. The number of likely N-dealkylation sites (tertiary alicyclic amines) is 1. The van der Waals surface area contributed by atoms with Crippen molar-refractivity contribution in [3.63, 3.8) is 0 Å². The topological polar surface area (TPSA) is 75.4 Å². The number of sulfonamides is 1. The Hall–Kier alpha value is -0.950. The molecule has 0 bridgehead atoms. The fraction of sp³-hybridized carbons (Fsp3) is 0.600. The molecule has 1 aromatic carbocycles. The number of primary sulfonamides is 1. The van der Waals surface area contributed by atoms with Crippen LogP contribution in [0.1, 0.15) is 24.8 Å². The lowest BCUT2D eigenvalue weighted by atomic mass is 10.0. The van der Waals surface area contributed by atoms with E-state index >= 15 is 0 Å². The van der Waals surface area contributed by atoms with Gasteiger partial charge in [-0.1, -0.05) is 30.3 Å². The summed E-state index contributed by atoms with van der Waals surface area (Å²) < 4.78 is 21.8. The molecule has 21 heavy (non-hydrogen) atoms. The average Bonchev–Trinajstić information content (AvgIpc) is 2.44. The van der Waals surface area contributed by atoms with Crippen LogP contribution < -0.4 is 10.5 Å². The van der Waals surface area contributed by atoms with Gasteiger partial charge in [-0.05, 0) is 37.9 Å². The molecule has 0 aliphatic carbocycles. The first-order valence-corrected chi connectivity index (χ1v) is 9.24. The maximum Gasteiger partial charge on any atom is 0.209 e. The van der Waals surface area contributed by atoms with Crippen molar-refractivity contribution in [2.75, 3.05) is 25.4 Å². The minimum atomic E-state index is -3.33. The molecule has 0 amide bonds. The maximum atomic E-state index is 10.9. The van der Waals surface area contributed by atoms with E-state index in [0.717, 1.165) is 26.1 Å². The molecule has 1 aromatic rings. The van der Waals surface area contributed by atoms with Crippen molar-refractivity contribution in [2.24, 2.45) is 5.14 Å². The lowest BCUT2D eigenvalue weighted by molar-refractivity contribution is 0.183. The summed E-state index contributed by atoms with van der Waals surface area (Å²) in [6, 6.07) is 10.9. The van der Waals surface area contributed by atoms with Gasteiger partial charge in [0.2, 0.25) is 10.0 Å². The van der Waals surface area contributed by atoms with Gasteiger partial charge in [-0.3, -0.25) is 4.90 Å². The predicted molar refractivity (Wildman–Crippen MR) is 85.3 cm³/mol. The molecule has 1 atom stereocenters. The SMILES string of the molecule is NS(=O)(=O)CCCNC1CCCN(Cc2ccccc2)C1. The molecule has 1 heterocycles. The molecule has 0 saturated carbocycles. The normalized spacial score (nSPS) is 20.5. The highest BCUT2D eigenvalue weighted by atomic mass is 32.2. The van der Waals surface area contributed by atoms with E-state index in [1.165, 1.54) is 12.0 Å². The molecular weight excluding hydrogens is 286 g/mol. The maximum absolute atomic E-state index is 10.9. The van der Waals surface area contributed by atoms with E-state index in [4.69, 9.17) is 5.14 Å². The molecule has 1 unspecified atom stereocenters. The number of hydrogen-bond donors (Lipinski definition) is 2. The lowest BCUT2D eigenvalue weighted by Gasteiger charge is -2.33. The summed E-state index contributed by atoms with van der Waals surface area (Å²) in [6.45, 7) is 3.84. The molecule has 5 nitrogen and oxygen atoms in total. The third-order valence-electron chi connectivity index (χ3n) is 3.79. The minimum Gasteiger partial charge on any atom is -0.313 e. The summed E-state index contributed by atoms with van der Waals surface area (Å²) in [5, 5.41) is 8.45. The van der Waals surface area contributed by atoms with Crippen LogP contribution in [0.25, 0.3) is 0 Å².